The lowest BCUT2D eigenvalue weighted by molar-refractivity contribution is -0.167. The van der Waals surface area contributed by atoms with Crippen LogP contribution >= 0.6 is 0 Å². The molecule has 0 N–H and O–H groups in total. The maximum Gasteiger partial charge on any atom is 0.306 e. The molecule has 0 radical (unpaired) electrons. The van der Waals surface area contributed by atoms with Gasteiger partial charge >= 0.3 is 17.9 Å². The molecule has 0 heterocycles. The fraction of sp³-hybridized carbons (Fsp3) is 0.944. The minimum absolute atomic E-state index is 0.0624. The Bertz CT molecular complexity index is 905. The predicted octanol–water partition coefficient (Wildman–Crippen LogP) is 17.5. The monoisotopic (exact) mass is 849 g/mol. The Morgan fingerprint density at radius 1 is 0.333 bits per heavy atom. The lowest BCUT2D eigenvalue weighted by Crippen LogP contribution is -2.30. The summed E-state index contributed by atoms with van der Waals surface area (Å²) in [5.41, 5.74) is 0. The summed E-state index contributed by atoms with van der Waals surface area (Å²) in [6.45, 7) is 9.07. The van der Waals surface area contributed by atoms with Gasteiger partial charge in [0.15, 0.2) is 6.10 Å². The number of carbonyl (C=O) groups is 3. The third-order valence-corrected chi connectivity index (χ3v) is 12.7. The molecule has 0 aliphatic carbocycles. The van der Waals surface area contributed by atoms with Crippen molar-refractivity contribution in [3.8, 4) is 0 Å². The molecule has 0 aliphatic rings. The van der Waals surface area contributed by atoms with E-state index in [1.165, 1.54) is 199 Å². The van der Waals surface area contributed by atoms with E-state index in [9.17, 15) is 14.4 Å². The Hall–Kier alpha value is -1.59. The summed E-state index contributed by atoms with van der Waals surface area (Å²) >= 11 is 0. The first-order valence-electron chi connectivity index (χ1n) is 26.9. The van der Waals surface area contributed by atoms with Crippen LogP contribution in [0.1, 0.15) is 304 Å². The van der Waals surface area contributed by atoms with Crippen molar-refractivity contribution in [1.82, 2.24) is 0 Å². The van der Waals surface area contributed by atoms with Gasteiger partial charge in [0.2, 0.25) is 0 Å². The number of hydrogen-bond acceptors (Lipinski definition) is 6. The van der Waals surface area contributed by atoms with Gasteiger partial charge in [-0.1, -0.05) is 265 Å². The van der Waals surface area contributed by atoms with E-state index in [1.807, 2.05) is 0 Å². The fourth-order valence-electron chi connectivity index (χ4n) is 8.19. The summed E-state index contributed by atoms with van der Waals surface area (Å²) in [6.07, 6.45) is 50.8. The van der Waals surface area contributed by atoms with Gasteiger partial charge in [-0.3, -0.25) is 14.4 Å². The molecule has 0 rings (SSSR count). The lowest BCUT2D eigenvalue weighted by atomic mass is 9.99. The van der Waals surface area contributed by atoms with Crippen LogP contribution in [0.2, 0.25) is 0 Å². The highest BCUT2D eigenvalue weighted by Crippen LogP contribution is 2.18. The molecular formula is C54H104O6. The largest absolute Gasteiger partial charge is 0.462 e. The van der Waals surface area contributed by atoms with Crippen molar-refractivity contribution in [2.75, 3.05) is 13.2 Å². The van der Waals surface area contributed by atoms with E-state index in [0.717, 1.165) is 63.7 Å². The first-order valence-corrected chi connectivity index (χ1v) is 26.9. The van der Waals surface area contributed by atoms with E-state index in [2.05, 4.69) is 27.7 Å². The predicted molar refractivity (Wildman–Crippen MR) is 257 cm³/mol. The molecule has 0 aromatic heterocycles. The third kappa shape index (κ3) is 45.9. The number of carbonyl (C=O) groups excluding carboxylic acids is 3. The molecule has 0 aliphatic heterocycles. The van der Waals surface area contributed by atoms with Crippen molar-refractivity contribution in [3.05, 3.63) is 0 Å². The Kier molecular flexibility index (Phi) is 47.2. The van der Waals surface area contributed by atoms with Crippen molar-refractivity contribution in [1.29, 1.82) is 0 Å². The average molecular weight is 849 g/mol. The van der Waals surface area contributed by atoms with Crippen LogP contribution in [-0.4, -0.2) is 37.2 Å². The van der Waals surface area contributed by atoms with Gasteiger partial charge in [0.1, 0.15) is 13.2 Å². The van der Waals surface area contributed by atoms with Gasteiger partial charge in [-0.25, -0.2) is 0 Å². The van der Waals surface area contributed by atoms with Crippen LogP contribution in [0.25, 0.3) is 0 Å². The van der Waals surface area contributed by atoms with E-state index in [-0.39, 0.29) is 31.1 Å². The average Bonchev–Trinajstić information content (AvgIpc) is 3.25. The quantitative estimate of drug-likeness (QED) is 0.0345. The zero-order valence-corrected chi connectivity index (χ0v) is 40.9. The molecule has 0 aromatic carbocycles. The van der Waals surface area contributed by atoms with Crippen molar-refractivity contribution >= 4 is 17.9 Å². The molecule has 1 unspecified atom stereocenters. The minimum atomic E-state index is -0.760. The second kappa shape index (κ2) is 48.4. The molecule has 356 valence electrons. The smallest absolute Gasteiger partial charge is 0.306 e. The van der Waals surface area contributed by atoms with Gasteiger partial charge < -0.3 is 14.2 Å². The molecule has 0 saturated heterocycles. The zero-order valence-electron chi connectivity index (χ0n) is 40.9. The van der Waals surface area contributed by atoms with Gasteiger partial charge in [-0.2, -0.15) is 0 Å². The third-order valence-electron chi connectivity index (χ3n) is 12.7. The molecular weight excluding hydrogens is 745 g/mol. The van der Waals surface area contributed by atoms with E-state index < -0.39 is 6.10 Å². The van der Waals surface area contributed by atoms with E-state index in [1.54, 1.807) is 0 Å². The Balaban J connectivity index is 4.26. The van der Waals surface area contributed by atoms with E-state index in [0.29, 0.717) is 19.3 Å². The van der Waals surface area contributed by atoms with Crippen LogP contribution in [-0.2, 0) is 28.6 Å². The topological polar surface area (TPSA) is 78.9 Å². The molecule has 0 amide bonds. The van der Waals surface area contributed by atoms with Crippen LogP contribution < -0.4 is 0 Å². The molecule has 0 saturated carbocycles. The van der Waals surface area contributed by atoms with E-state index in [4.69, 9.17) is 14.2 Å². The van der Waals surface area contributed by atoms with Crippen molar-refractivity contribution in [2.24, 2.45) is 5.92 Å². The molecule has 6 nitrogen and oxygen atoms in total. The molecule has 0 bridgehead atoms. The highest BCUT2D eigenvalue weighted by molar-refractivity contribution is 5.71. The van der Waals surface area contributed by atoms with Gasteiger partial charge in [0.25, 0.3) is 0 Å². The molecule has 0 fully saturated rings. The normalized spacial score (nSPS) is 12.4. The SMILES string of the molecule is CCCCCCCCCCCCCCCC(=O)OC[C@H](COC(=O)CCCCCCCCCCCCCCCCC(C)CC)OC(=O)CCCCCCCCCCCCC. The van der Waals surface area contributed by atoms with Crippen LogP contribution in [0, 0.1) is 5.92 Å². The second-order valence-electron chi connectivity index (χ2n) is 18.8. The summed E-state index contributed by atoms with van der Waals surface area (Å²) in [5, 5.41) is 0. The molecule has 60 heavy (non-hydrogen) atoms. The Morgan fingerprint density at radius 2 is 0.583 bits per heavy atom. The number of hydrogen-bond donors (Lipinski definition) is 0. The fourth-order valence-corrected chi connectivity index (χ4v) is 8.19. The number of esters is 3. The van der Waals surface area contributed by atoms with Gasteiger partial charge in [-0.15, -0.1) is 0 Å². The molecule has 0 spiro atoms. The summed E-state index contributed by atoms with van der Waals surface area (Å²) in [7, 11) is 0. The number of unbranched alkanes of at least 4 members (excludes halogenated alkanes) is 35. The maximum atomic E-state index is 12.8. The minimum Gasteiger partial charge on any atom is -0.462 e. The van der Waals surface area contributed by atoms with Crippen LogP contribution in [0.15, 0.2) is 0 Å². The summed E-state index contributed by atoms with van der Waals surface area (Å²) in [5.74, 6) is 0.0539. The lowest BCUT2D eigenvalue weighted by Gasteiger charge is -2.18. The van der Waals surface area contributed by atoms with Crippen LogP contribution in [0.3, 0.4) is 0 Å². The Labute approximate surface area is 374 Å². The maximum absolute atomic E-state index is 12.8. The molecule has 2 atom stereocenters. The highest BCUT2D eigenvalue weighted by atomic mass is 16.6. The zero-order chi connectivity index (χ0) is 43.8. The van der Waals surface area contributed by atoms with Crippen LogP contribution in [0.4, 0.5) is 0 Å². The molecule has 6 heteroatoms. The van der Waals surface area contributed by atoms with Gasteiger partial charge in [0, 0.05) is 19.3 Å². The Morgan fingerprint density at radius 3 is 0.867 bits per heavy atom. The van der Waals surface area contributed by atoms with Gasteiger partial charge in [0.05, 0.1) is 0 Å². The summed E-state index contributed by atoms with van der Waals surface area (Å²) < 4.78 is 16.8. The highest BCUT2D eigenvalue weighted by Gasteiger charge is 2.19. The second-order valence-corrected chi connectivity index (χ2v) is 18.8. The number of ether oxygens (including phenoxy) is 3. The van der Waals surface area contributed by atoms with E-state index >= 15 is 0 Å². The first kappa shape index (κ1) is 58.4. The van der Waals surface area contributed by atoms with Crippen molar-refractivity contribution in [3.63, 3.8) is 0 Å². The summed E-state index contributed by atoms with van der Waals surface area (Å²) in [4.78, 5) is 37.9. The van der Waals surface area contributed by atoms with Crippen molar-refractivity contribution < 1.29 is 28.6 Å². The standard InChI is InChI=1S/C54H104O6/c1-5-8-10-12-14-16-18-21-26-29-33-37-41-45-52(55)58-48-51(60-54(57)47-43-39-35-31-24-17-15-13-11-9-6-2)49-59-53(56)46-42-38-34-30-27-23-20-19-22-25-28-32-36-40-44-50(4)7-3/h50-51H,5-49H2,1-4H3/t50?,51-/m1/s1. The van der Waals surface area contributed by atoms with Crippen molar-refractivity contribution in [2.45, 2.75) is 310 Å². The molecule has 0 aromatic rings. The first-order chi connectivity index (χ1) is 29.4. The van der Waals surface area contributed by atoms with Gasteiger partial charge in [-0.05, 0) is 25.2 Å². The summed E-state index contributed by atoms with van der Waals surface area (Å²) in [6, 6.07) is 0. The number of rotatable bonds is 49. The van der Waals surface area contributed by atoms with Crippen LogP contribution in [0.5, 0.6) is 0 Å².